The normalized spacial score (nSPS) is 21.3. The first-order valence-corrected chi connectivity index (χ1v) is 4.54. The highest BCUT2D eigenvalue weighted by Gasteiger charge is 2.23. The fourth-order valence-corrected chi connectivity index (χ4v) is 1.80. The predicted molar refractivity (Wildman–Crippen MR) is 49.9 cm³/mol. The first-order chi connectivity index (χ1) is 6.18. The van der Waals surface area contributed by atoms with Gasteiger partial charge in [-0.2, -0.15) is 0 Å². The number of aryl methyl sites for hydroxylation is 1. The smallest absolute Gasteiger partial charge is 0.165 e. The summed E-state index contributed by atoms with van der Waals surface area (Å²) < 4.78 is 0. The summed E-state index contributed by atoms with van der Waals surface area (Å²) in [5, 5.41) is 9.23. The molecule has 0 aliphatic heterocycles. The molecule has 1 aromatic rings. The minimum absolute atomic E-state index is 0.136. The Kier molecular flexibility index (Phi) is 1.83. The number of benzene rings is 1. The van der Waals surface area contributed by atoms with Crippen LogP contribution in [0.25, 0.3) is 0 Å². The molecular formula is C11H12O2. The minimum atomic E-state index is 0.136. The van der Waals surface area contributed by atoms with Crippen molar-refractivity contribution in [1.29, 1.82) is 0 Å². The Morgan fingerprint density at radius 3 is 3.00 bits per heavy atom. The quantitative estimate of drug-likeness (QED) is 0.657. The average molecular weight is 176 g/mol. The Balaban J connectivity index is 2.50. The molecule has 68 valence electrons. The topological polar surface area (TPSA) is 37.3 Å². The molecule has 1 aliphatic carbocycles. The number of hydrogen-bond donors (Lipinski definition) is 1. The SMILES string of the molecule is CC1CCc2cc(O)ccc2C1=O. The summed E-state index contributed by atoms with van der Waals surface area (Å²) in [4.78, 5) is 11.6. The lowest BCUT2D eigenvalue weighted by Crippen LogP contribution is -2.19. The van der Waals surface area contributed by atoms with Crippen LogP contribution in [-0.2, 0) is 6.42 Å². The van der Waals surface area contributed by atoms with Crippen molar-refractivity contribution in [3.05, 3.63) is 29.3 Å². The Morgan fingerprint density at radius 2 is 2.23 bits per heavy atom. The number of fused-ring (bicyclic) bond motifs is 1. The highest BCUT2D eigenvalue weighted by atomic mass is 16.3. The van der Waals surface area contributed by atoms with Crippen molar-refractivity contribution in [2.75, 3.05) is 0 Å². The Bertz CT molecular complexity index is 355. The standard InChI is InChI=1S/C11H12O2/c1-7-2-3-8-6-9(12)4-5-10(8)11(7)13/h4-7,12H,2-3H2,1H3. The number of Topliss-reactive ketones (excluding diaryl/α,β-unsaturated/α-hetero) is 1. The number of carbonyl (C=O) groups excluding carboxylic acids is 1. The third-order valence-corrected chi connectivity index (χ3v) is 2.65. The molecule has 0 saturated carbocycles. The van der Waals surface area contributed by atoms with Crippen LogP contribution in [0.5, 0.6) is 5.75 Å². The van der Waals surface area contributed by atoms with Gasteiger partial charge in [0.15, 0.2) is 5.78 Å². The van der Waals surface area contributed by atoms with Crippen molar-refractivity contribution >= 4 is 5.78 Å². The maximum Gasteiger partial charge on any atom is 0.165 e. The van der Waals surface area contributed by atoms with Gasteiger partial charge >= 0.3 is 0 Å². The van der Waals surface area contributed by atoms with E-state index in [1.54, 1.807) is 18.2 Å². The van der Waals surface area contributed by atoms with E-state index in [0.29, 0.717) is 0 Å². The molecule has 0 bridgehead atoms. The molecule has 0 radical (unpaired) electrons. The van der Waals surface area contributed by atoms with Crippen molar-refractivity contribution in [2.45, 2.75) is 19.8 Å². The molecule has 1 aliphatic rings. The summed E-state index contributed by atoms with van der Waals surface area (Å²) >= 11 is 0. The van der Waals surface area contributed by atoms with Crippen molar-refractivity contribution in [1.82, 2.24) is 0 Å². The molecule has 2 rings (SSSR count). The molecule has 0 fully saturated rings. The van der Waals surface area contributed by atoms with Gasteiger partial charge in [-0.3, -0.25) is 4.79 Å². The van der Waals surface area contributed by atoms with Crippen LogP contribution in [0.4, 0.5) is 0 Å². The fraction of sp³-hybridized carbons (Fsp3) is 0.364. The van der Waals surface area contributed by atoms with Crippen LogP contribution in [-0.4, -0.2) is 10.9 Å². The van der Waals surface area contributed by atoms with Gasteiger partial charge in [0, 0.05) is 11.5 Å². The Morgan fingerprint density at radius 1 is 1.46 bits per heavy atom. The van der Waals surface area contributed by atoms with Crippen molar-refractivity contribution in [3.63, 3.8) is 0 Å². The number of phenolic OH excluding ortho intramolecular Hbond substituents is 1. The van der Waals surface area contributed by atoms with E-state index in [1.807, 2.05) is 6.92 Å². The van der Waals surface area contributed by atoms with Crippen LogP contribution in [0.3, 0.4) is 0 Å². The lowest BCUT2D eigenvalue weighted by Gasteiger charge is -2.19. The summed E-state index contributed by atoms with van der Waals surface area (Å²) in [6.07, 6.45) is 1.80. The lowest BCUT2D eigenvalue weighted by molar-refractivity contribution is 0.0913. The van der Waals surface area contributed by atoms with E-state index < -0.39 is 0 Å². The molecule has 2 heteroatoms. The monoisotopic (exact) mass is 176 g/mol. The second-order valence-corrected chi connectivity index (χ2v) is 3.65. The molecule has 1 atom stereocenters. The summed E-state index contributed by atoms with van der Waals surface area (Å²) in [6.45, 7) is 1.96. The molecule has 1 aromatic carbocycles. The van der Waals surface area contributed by atoms with Gasteiger partial charge < -0.3 is 5.11 Å². The summed E-state index contributed by atoms with van der Waals surface area (Å²) in [7, 11) is 0. The maximum absolute atomic E-state index is 11.6. The summed E-state index contributed by atoms with van der Waals surface area (Å²) in [6, 6.07) is 5.00. The van der Waals surface area contributed by atoms with Crippen molar-refractivity contribution < 1.29 is 9.90 Å². The van der Waals surface area contributed by atoms with Gasteiger partial charge in [0.1, 0.15) is 5.75 Å². The van der Waals surface area contributed by atoms with Gasteiger partial charge in [-0.05, 0) is 36.6 Å². The predicted octanol–water partition coefficient (Wildman–Crippen LogP) is 2.16. The zero-order valence-corrected chi connectivity index (χ0v) is 7.58. The van der Waals surface area contributed by atoms with Crippen LogP contribution < -0.4 is 0 Å². The fourth-order valence-electron chi connectivity index (χ4n) is 1.80. The first-order valence-electron chi connectivity index (χ1n) is 4.54. The van der Waals surface area contributed by atoms with E-state index in [0.717, 1.165) is 24.0 Å². The third kappa shape index (κ3) is 1.32. The molecule has 0 heterocycles. The average Bonchev–Trinajstić information content (AvgIpc) is 2.12. The van der Waals surface area contributed by atoms with E-state index in [2.05, 4.69) is 0 Å². The van der Waals surface area contributed by atoms with E-state index >= 15 is 0 Å². The number of hydrogen-bond acceptors (Lipinski definition) is 2. The summed E-state index contributed by atoms with van der Waals surface area (Å²) in [5.74, 6) is 0.597. The molecule has 0 aromatic heterocycles. The second kappa shape index (κ2) is 2.87. The van der Waals surface area contributed by atoms with Gasteiger partial charge in [-0.25, -0.2) is 0 Å². The van der Waals surface area contributed by atoms with Crippen molar-refractivity contribution in [3.8, 4) is 5.75 Å². The highest BCUT2D eigenvalue weighted by Crippen LogP contribution is 2.27. The van der Waals surface area contributed by atoms with Crippen LogP contribution in [0.1, 0.15) is 29.3 Å². The van der Waals surface area contributed by atoms with E-state index in [-0.39, 0.29) is 17.5 Å². The van der Waals surface area contributed by atoms with Crippen LogP contribution in [0.15, 0.2) is 18.2 Å². The minimum Gasteiger partial charge on any atom is -0.508 e. The first kappa shape index (κ1) is 8.30. The number of ketones is 1. The molecule has 1 unspecified atom stereocenters. The molecular weight excluding hydrogens is 164 g/mol. The number of carbonyl (C=O) groups is 1. The van der Waals surface area contributed by atoms with Gasteiger partial charge in [0.05, 0.1) is 0 Å². The van der Waals surface area contributed by atoms with E-state index in [9.17, 15) is 9.90 Å². The Hall–Kier alpha value is -1.31. The van der Waals surface area contributed by atoms with Gasteiger partial charge in [0.2, 0.25) is 0 Å². The van der Waals surface area contributed by atoms with Gasteiger partial charge in [-0.1, -0.05) is 6.92 Å². The molecule has 2 nitrogen and oxygen atoms in total. The highest BCUT2D eigenvalue weighted by molar-refractivity contribution is 6.00. The molecule has 0 amide bonds. The van der Waals surface area contributed by atoms with Gasteiger partial charge in [-0.15, -0.1) is 0 Å². The maximum atomic E-state index is 11.6. The van der Waals surface area contributed by atoms with Crippen molar-refractivity contribution in [2.24, 2.45) is 5.92 Å². The zero-order chi connectivity index (χ0) is 9.42. The van der Waals surface area contributed by atoms with E-state index in [1.165, 1.54) is 0 Å². The Labute approximate surface area is 77.2 Å². The largest absolute Gasteiger partial charge is 0.508 e. The van der Waals surface area contributed by atoms with Crippen LogP contribution in [0, 0.1) is 5.92 Å². The molecule has 0 saturated heterocycles. The zero-order valence-electron chi connectivity index (χ0n) is 7.58. The van der Waals surface area contributed by atoms with Gasteiger partial charge in [0.25, 0.3) is 0 Å². The van der Waals surface area contributed by atoms with Crippen LogP contribution >= 0.6 is 0 Å². The molecule has 1 N–H and O–H groups in total. The third-order valence-electron chi connectivity index (χ3n) is 2.65. The van der Waals surface area contributed by atoms with Crippen LogP contribution in [0.2, 0.25) is 0 Å². The molecule has 0 spiro atoms. The number of phenols is 1. The summed E-state index contributed by atoms with van der Waals surface area (Å²) in [5.41, 5.74) is 1.78. The number of rotatable bonds is 0. The molecule has 13 heavy (non-hydrogen) atoms. The van der Waals surface area contributed by atoms with E-state index in [4.69, 9.17) is 0 Å². The number of aromatic hydroxyl groups is 1. The second-order valence-electron chi connectivity index (χ2n) is 3.65. The lowest BCUT2D eigenvalue weighted by atomic mass is 9.84.